The van der Waals surface area contributed by atoms with Crippen LogP contribution in [-0.2, 0) is 17.9 Å². The summed E-state index contributed by atoms with van der Waals surface area (Å²) >= 11 is 1.69. The van der Waals surface area contributed by atoms with Crippen molar-refractivity contribution in [2.24, 2.45) is 0 Å². The number of ether oxygens (including phenoxy) is 1. The van der Waals surface area contributed by atoms with Gasteiger partial charge in [0.2, 0.25) is 0 Å². The highest BCUT2D eigenvalue weighted by atomic mass is 32.1. The quantitative estimate of drug-likeness (QED) is 0.569. The maximum atomic E-state index is 11.3. The fraction of sp³-hybridized carbons (Fsp3) is 0.450. The predicted molar refractivity (Wildman–Crippen MR) is 102 cm³/mol. The van der Waals surface area contributed by atoms with E-state index >= 15 is 0 Å². The van der Waals surface area contributed by atoms with Crippen LogP contribution in [0.25, 0.3) is 0 Å². The van der Waals surface area contributed by atoms with Crippen molar-refractivity contribution in [3.05, 3.63) is 51.2 Å². The van der Waals surface area contributed by atoms with E-state index in [9.17, 15) is 9.90 Å². The second-order valence-electron chi connectivity index (χ2n) is 6.43. The summed E-state index contributed by atoms with van der Waals surface area (Å²) in [5.41, 5.74) is 4.34. The summed E-state index contributed by atoms with van der Waals surface area (Å²) in [6, 6.07) is 6.38. The van der Waals surface area contributed by atoms with Gasteiger partial charge in [-0.25, -0.2) is 0 Å². The smallest absolute Gasteiger partial charge is 0.308 e. The number of thiophene rings is 1. The molecule has 0 saturated heterocycles. The molecule has 0 bridgehead atoms. The number of carbonyl (C=O) groups is 1. The van der Waals surface area contributed by atoms with Gasteiger partial charge >= 0.3 is 5.97 Å². The Morgan fingerprint density at radius 3 is 2.36 bits per heavy atom. The highest BCUT2D eigenvalue weighted by Crippen LogP contribution is 2.26. The largest absolute Gasteiger partial charge is 0.426 e. The average Bonchev–Trinajstić information content (AvgIpc) is 3.05. The van der Waals surface area contributed by atoms with Crippen LogP contribution in [0.3, 0.4) is 0 Å². The maximum absolute atomic E-state index is 11.3. The standard InChI is InChI=1S/C20H27NO3S/c1-5-19(12-22)21(10-17-6-7-25-13-17)11-18-8-14(2)20(15(3)9-18)24-16(4)23/h6-9,13,19,22H,5,10-12H2,1-4H3. The van der Waals surface area contributed by atoms with Crippen molar-refractivity contribution in [1.29, 1.82) is 0 Å². The van der Waals surface area contributed by atoms with E-state index in [1.54, 1.807) is 11.3 Å². The lowest BCUT2D eigenvalue weighted by molar-refractivity contribution is -0.131. The van der Waals surface area contributed by atoms with Gasteiger partial charge in [0.05, 0.1) is 6.61 Å². The number of hydrogen-bond acceptors (Lipinski definition) is 5. The fourth-order valence-electron chi connectivity index (χ4n) is 3.10. The molecule has 0 aliphatic rings. The molecular formula is C20H27NO3S. The number of aryl methyl sites for hydroxylation is 2. The molecule has 2 aromatic rings. The first-order chi connectivity index (χ1) is 11.9. The van der Waals surface area contributed by atoms with E-state index in [2.05, 4.69) is 40.8 Å². The first-order valence-electron chi connectivity index (χ1n) is 8.59. The predicted octanol–water partition coefficient (Wildman–Crippen LogP) is 4.06. The van der Waals surface area contributed by atoms with E-state index in [1.807, 2.05) is 13.8 Å². The fourth-order valence-corrected chi connectivity index (χ4v) is 3.76. The van der Waals surface area contributed by atoms with Crippen molar-refractivity contribution in [1.82, 2.24) is 4.90 Å². The zero-order valence-electron chi connectivity index (χ0n) is 15.4. The summed E-state index contributed by atoms with van der Waals surface area (Å²) in [6.07, 6.45) is 0.893. The van der Waals surface area contributed by atoms with E-state index < -0.39 is 0 Å². The molecule has 1 heterocycles. The van der Waals surface area contributed by atoms with Gasteiger partial charge in [-0.15, -0.1) is 0 Å². The van der Waals surface area contributed by atoms with Gasteiger partial charge in [0.25, 0.3) is 0 Å². The molecular weight excluding hydrogens is 334 g/mol. The van der Waals surface area contributed by atoms with Crippen molar-refractivity contribution < 1.29 is 14.6 Å². The van der Waals surface area contributed by atoms with Crippen molar-refractivity contribution in [2.45, 2.75) is 53.2 Å². The number of nitrogens with zero attached hydrogens (tertiary/aromatic N) is 1. The number of aliphatic hydroxyl groups excluding tert-OH is 1. The summed E-state index contributed by atoms with van der Waals surface area (Å²) in [5.74, 6) is 0.346. The topological polar surface area (TPSA) is 49.8 Å². The molecule has 25 heavy (non-hydrogen) atoms. The van der Waals surface area contributed by atoms with Crippen LogP contribution in [-0.4, -0.2) is 28.6 Å². The molecule has 1 unspecified atom stereocenters. The Bertz CT molecular complexity index is 670. The molecule has 1 aromatic carbocycles. The Morgan fingerprint density at radius 2 is 1.88 bits per heavy atom. The van der Waals surface area contributed by atoms with Gasteiger partial charge in [-0.3, -0.25) is 9.69 Å². The molecule has 136 valence electrons. The van der Waals surface area contributed by atoms with Crippen molar-refractivity contribution in [2.75, 3.05) is 6.61 Å². The summed E-state index contributed by atoms with van der Waals surface area (Å²) in [5, 5.41) is 14.0. The minimum Gasteiger partial charge on any atom is -0.426 e. The van der Waals surface area contributed by atoms with Gasteiger partial charge in [0, 0.05) is 26.1 Å². The van der Waals surface area contributed by atoms with E-state index in [0.29, 0.717) is 5.75 Å². The summed E-state index contributed by atoms with van der Waals surface area (Å²) < 4.78 is 5.32. The van der Waals surface area contributed by atoms with Crippen molar-refractivity contribution in [3.63, 3.8) is 0 Å². The Morgan fingerprint density at radius 1 is 1.24 bits per heavy atom. The zero-order chi connectivity index (χ0) is 18.4. The van der Waals surface area contributed by atoms with Gasteiger partial charge in [-0.1, -0.05) is 19.1 Å². The third kappa shape index (κ3) is 5.39. The number of hydrogen-bond donors (Lipinski definition) is 1. The monoisotopic (exact) mass is 361 g/mol. The van der Waals surface area contributed by atoms with E-state index in [0.717, 1.165) is 36.2 Å². The molecule has 0 saturated carbocycles. The van der Waals surface area contributed by atoms with Crippen LogP contribution in [0.2, 0.25) is 0 Å². The molecule has 4 nitrogen and oxygen atoms in total. The highest BCUT2D eigenvalue weighted by Gasteiger charge is 2.18. The van der Waals surface area contributed by atoms with Gasteiger partial charge < -0.3 is 9.84 Å². The van der Waals surface area contributed by atoms with E-state index in [1.165, 1.54) is 12.5 Å². The molecule has 0 aliphatic heterocycles. The minimum absolute atomic E-state index is 0.119. The van der Waals surface area contributed by atoms with Crippen molar-refractivity contribution >= 4 is 17.3 Å². The first-order valence-corrected chi connectivity index (χ1v) is 9.53. The van der Waals surface area contributed by atoms with Crippen LogP contribution in [0.5, 0.6) is 5.75 Å². The van der Waals surface area contributed by atoms with Gasteiger partial charge in [0.1, 0.15) is 5.75 Å². The van der Waals surface area contributed by atoms with Crippen LogP contribution >= 0.6 is 11.3 Å². The van der Waals surface area contributed by atoms with Crippen LogP contribution < -0.4 is 4.74 Å². The minimum atomic E-state index is -0.302. The zero-order valence-corrected chi connectivity index (χ0v) is 16.2. The lowest BCUT2D eigenvalue weighted by atomic mass is 10.0. The van der Waals surface area contributed by atoms with Crippen LogP contribution in [0.4, 0.5) is 0 Å². The number of esters is 1. The van der Waals surface area contributed by atoms with Gasteiger partial charge in [-0.05, 0) is 59.3 Å². The van der Waals surface area contributed by atoms with Crippen LogP contribution in [0.1, 0.15) is 42.5 Å². The Hall–Kier alpha value is -1.69. The Kier molecular flexibility index (Phi) is 7.17. The van der Waals surface area contributed by atoms with E-state index in [-0.39, 0.29) is 18.6 Å². The molecule has 0 spiro atoms. The molecule has 2 rings (SSSR count). The molecule has 0 radical (unpaired) electrons. The number of rotatable bonds is 8. The third-order valence-corrected chi connectivity index (χ3v) is 5.05. The first kappa shape index (κ1) is 19.6. The normalized spacial score (nSPS) is 12.4. The number of benzene rings is 1. The maximum Gasteiger partial charge on any atom is 0.308 e. The van der Waals surface area contributed by atoms with Gasteiger partial charge in [-0.2, -0.15) is 11.3 Å². The highest BCUT2D eigenvalue weighted by molar-refractivity contribution is 7.07. The molecule has 1 atom stereocenters. The van der Waals surface area contributed by atoms with Crippen LogP contribution in [0, 0.1) is 13.8 Å². The van der Waals surface area contributed by atoms with Gasteiger partial charge in [0.15, 0.2) is 0 Å². The second-order valence-corrected chi connectivity index (χ2v) is 7.21. The average molecular weight is 362 g/mol. The molecule has 5 heteroatoms. The summed E-state index contributed by atoms with van der Waals surface area (Å²) in [4.78, 5) is 13.6. The third-order valence-electron chi connectivity index (χ3n) is 4.32. The summed E-state index contributed by atoms with van der Waals surface area (Å²) in [7, 11) is 0. The number of carbonyl (C=O) groups excluding carboxylic acids is 1. The number of aliphatic hydroxyl groups is 1. The molecule has 1 N–H and O–H groups in total. The van der Waals surface area contributed by atoms with Crippen molar-refractivity contribution in [3.8, 4) is 5.75 Å². The molecule has 1 aromatic heterocycles. The lowest BCUT2D eigenvalue weighted by Gasteiger charge is -2.30. The molecule has 0 amide bonds. The molecule has 0 aliphatic carbocycles. The Balaban J connectivity index is 2.24. The lowest BCUT2D eigenvalue weighted by Crippen LogP contribution is -2.36. The van der Waals surface area contributed by atoms with Crippen LogP contribution in [0.15, 0.2) is 29.0 Å². The van der Waals surface area contributed by atoms with E-state index in [4.69, 9.17) is 4.74 Å². The SMILES string of the molecule is CCC(CO)N(Cc1ccsc1)Cc1cc(C)c(OC(C)=O)c(C)c1. The Labute approximate surface area is 154 Å². The second kappa shape index (κ2) is 9.13. The summed E-state index contributed by atoms with van der Waals surface area (Å²) in [6.45, 7) is 9.14. The molecule has 0 fully saturated rings.